The van der Waals surface area contributed by atoms with Crippen LogP contribution in [-0.2, 0) is 6.42 Å². The molecule has 1 aromatic heterocycles. The van der Waals surface area contributed by atoms with Crippen LogP contribution in [0.4, 0.5) is 5.95 Å². The van der Waals surface area contributed by atoms with E-state index in [1.165, 1.54) is 5.56 Å². The zero-order chi connectivity index (χ0) is 18.9. The molecule has 7 heteroatoms. The number of ether oxygens (including phenoxy) is 1. The van der Waals surface area contributed by atoms with Crippen molar-refractivity contribution in [1.82, 2.24) is 15.3 Å². The summed E-state index contributed by atoms with van der Waals surface area (Å²) in [6.07, 6.45) is 1.95. The second kappa shape index (κ2) is 9.85. The predicted octanol–water partition coefficient (Wildman–Crippen LogP) is 4.84. The molecule has 3 rings (SSSR count). The smallest absolute Gasteiger partial charge is 0.233 e. The summed E-state index contributed by atoms with van der Waals surface area (Å²) in [5.74, 6) is 1.30. The van der Waals surface area contributed by atoms with Crippen LogP contribution in [0.25, 0.3) is 0 Å². The molecule has 0 aliphatic rings. The Balaban J connectivity index is 1.50. The van der Waals surface area contributed by atoms with Gasteiger partial charge in [0.15, 0.2) is 5.11 Å². The lowest BCUT2D eigenvalue weighted by Crippen LogP contribution is -2.30. The zero-order valence-corrected chi connectivity index (χ0v) is 16.1. The SMILES string of the molecule is S=C(NCCCc1ccccc1)Nc1nc(Cl)cc(Oc2ccccc2)n1. The lowest BCUT2D eigenvalue weighted by Gasteiger charge is -2.11. The highest BCUT2D eigenvalue weighted by Gasteiger charge is 2.07. The molecular formula is C20H19ClN4OS. The van der Waals surface area contributed by atoms with E-state index in [1.807, 2.05) is 48.5 Å². The van der Waals surface area contributed by atoms with E-state index >= 15 is 0 Å². The summed E-state index contributed by atoms with van der Waals surface area (Å²) >= 11 is 11.4. The topological polar surface area (TPSA) is 59.1 Å². The first-order valence-electron chi connectivity index (χ1n) is 8.55. The van der Waals surface area contributed by atoms with Gasteiger partial charge in [0.25, 0.3) is 0 Å². The number of benzene rings is 2. The van der Waals surface area contributed by atoms with Gasteiger partial charge in [-0.1, -0.05) is 60.1 Å². The Hall–Kier alpha value is -2.70. The maximum atomic E-state index is 6.06. The van der Waals surface area contributed by atoms with Crippen molar-refractivity contribution in [2.75, 3.05) is 11.9 Å². The molecule has 2 aromatic carbocycles. The number of hydrogen-bond acceptors (Lipinski definition) is 4. The van der Waals surface area contributed by atoms with E-state index in [1.54, 1.807) is 6.07 Å². The molecular weight excluding hydrogens is 380 g/mol. The molecule has 0 radical (unpaired) electrons. The first-order valence-corrected chi connectivity index (χ1v) is 9.34. The van der Waals surface area contributed by atoms with Crippen molar-refractivity contribution in [2.24, 2.45) is 0 Å². The number of anilines is 1. The number of nitrogens with zero attached hydrogens (tertiary/aromatic N) is 2. The van der Waals surface area contributed by atoms with Crippen molar-refractivity contribution in [3.63, 3.8) is 0 Å². The average molecular weight is 399 g/mol. The molecule has 0 spiro atoms. The van der Waals surface area contributed by atoms with Gasteiger partial charge >= 0.3 is 0 Å². The van der Waals surface area contributed by atoms with Crippen LogP contribution in [0.2, 0.25) is 5.15 Å². The number of nitrogens with one attached hydrogen (secondary N) is 2. The average Bonchev–Trinajstić information content (AvgIpc) is 2.66. The van der Waals surface area contributed by atoms with Gasteiger partial charge in [0, 0.05) is 12.6 Å². The summed E-state index contributed by atoms with van der Waals surface area (Å²) in [5.41, 5.74) is 1.30. The Kier molecular flexibility index (Phi) is 6.96. The van der Waals surface area contributed by atoms with Gasteiger partial charge in [0.05, 0.1) is 0 Å². The molecule has 0 atom stereocenters. The van der Waals surface area contributed by atoms with Gasteiger partial charge in [-0.3, -0.25) is 0 Å². The number of rotatable bonds is 7. The van der Waals surface area contributed by atoms with Crippen molar-refractivity contribution < 1.29 is 4.74 Å². The van der Waals surface area contributed by atoms with Crippen molar-refractivity contribution in [3.8, 4) is 11.6 Å². The van der Waals surface area contributed by atoms with E-state index in [9.17, 15) is 0 Å². The Morgan fingerprint density at radius 2 is 1.70 bits per heavy atom. The van der Waals surface area contributed by atoms with Crippen LogP contribution in [0.5, 0.6) is 11.6 Å². The molecule has 0 aliphatic carbocycles. The maximum Gasteiger partial charge on any atom is 0.233 e. The lowest BCUT2D eigenvalue weighted by molar-refractivity contribution is 0.462. The Morgan fingerprint density at radius 3 is 2.44 bits per heavy atom. The molecule has 3 aromatic rings. The van der Waals surface area contributed by atoms with Gasteiger partial charge in [-0.25, -0.2) is 4.98 Å². The van der Waals surface area contributed by atoms with Crippen LogP contribution in [0, 0.1) is 0 Å². The largest absolute Gasteiger partial charge is 0.439 e. The number of halogens is 1. The summed E-state index contributed by atoms with van der Waals surface area (Å²) in [6.45, 7) is 0.745. The summed E-state index contributed by atoms with van der Waals surface area (Å²) in [7, 11) is 0. The second-order valence-electron chi connectivity index (χ2n) is 5.74. The van der Waals surface area contributed by atoms with Crippen LogP contribution in [0.3, 0.4) is 0 Å². The molecule has 0 saturated heterocycles. The molecule has 0 bridgehead atoms. The molecule has 0 fully saturated rings. The van der Waals surface area contributed by atoms with E-state index < -0.39 is 0 Å². The van der Waals surface area contributed by atoms with Gasteiger partial charge in [0.1, 0.15) is 10.9 Å². The first-order chi connectivity index (χ1) is 13.2. The molecule has 0 saturated carbocycles. The fraction of sp³-hybridized carbons (Fsp3) is 0.150. The van der Waals surface area contributed by atoms with Gasteiger partial charge in [0.2, 0.25) is 11.8 Å². The van der Waals surface area contributed by atoms with Gasteiger partial charge < -0.3 is 15.4 Å². The van der Waals surface area contributed by atoms with Crippen molar-refractivity contribution in [2.45, 2.75) is 12.8 Å². The van der Waals surface area contributed by atoms with E-state index in [4.69, 9.17) is 28.6 Å². The molecule has 27 heavy (non-hydrogen) atoms. The van der Waals surface area contributed by atoms with Crippen LogP contribution in [0.1, 0.15) is 12.0 Å². The predicted molar refractivity (Wildman–Crippen MR) is 113 cm³/mol. The molecule has 2 N–H and O–H groups in total. The Bertz CT molecular complexity index is 878. The summed E-state index contributed by atoms with van der Waals surface area (Å²) in [4.78, 5) is 8.42. The minimum Gasteiger partial charge on any atom is -0.439 e. The van der Waals surface area contributed by atoms with Gasteiger partial charge in [-0.05, 0) is 42.8 Å². The molecule has 0 amide bonds. The highest BCUT2D eigenvalue weighted by molar-refractivity contribution is 7.80. The number of aryl methyl sites for hydroxylation is 1. The van der Waals surface area contributed by atoms with Gasteiger partial charge in [-0.2, -0.15) is 4.98 Å². The number of aromatic nitrogens is 2. The first kappa shape index (κ1) is 19.1. The summed E-state index contributed by atoms with van der Waals surface area (Å²) in [5, 5.41) is 6.80. The van der Waals surface area contributed by atoms with Gasteiger partial charge in [-0.15, -0.1) is 0 Å². The number of hydrogen-bond donors (Lipinski definition) is 2. The third-order valence-electron chi connectivity index (χ3n) is 3.63. The molecule has 138 valence electrons. The minimum absolute atomic E-state index is 0.269. The molecule has 0 aliphatic heterocycles. The quantitative estimate of drug-likeness (QED) is 0.337. The third kappa shape index (κ3) is 6.51. The monoisotopic (exact) mass is 398 g/mol. The summed E-state index contributed by atoms with van der Waals surface area (Å²) < 4.78 is 5.69. The maximum absolute atomic E-state index is 6.06. The Morgan fingerprint density at radius 1 is 1.00 bits per heavy atom. The molecule has 1 heterocycles. The van der Waals surface area contributed by atoms with Crippen LogP contribution in [0.15, 0.2) is 66.7 Å². The van der Waals surface area contributed by atoms with Crippen molar-refractivity contribution in [1.29, 1.82) is 0 Å². The third-order valence-corrected chi connectivity index (χ3v) is 4.07. The molecule has 5 nitrogen and oxygen atoms in total. The van der Waals surface area contributed by atoms with E-state index in [2.05, 4.69) is 32.7 Å². The fourth-order valence-electron chi connectivity index (χ4n) is 2.40. The van der Waals surface area contributed by atoms with Crippen molar-refractivity contribution in [3.05, 3.63) is 77.4 Å². The van der Waals surface area contributed by atoms with E-state index in [-0.39, 0.29) is 11.1 Å². The second-order valence-corrected chi connectivity index (χ2v) is 6.53. The fourth-order valence-corrected chi connectivity index (χ4v) is 2.77. The van der Waals surface area contributed by atoms with E-state index in [0.29, 0.717) is 16.7 Å². The normalized spacial score (nSPS) is 10.3. The van der Waals surface area contributed by atoms with E-state index in [0.717, 1.165) is 19.4 Å². The van der Waals surface area contributed by atoms with Crippen LogP contribution >= 0.6 is 23.8 Å². The minimum atomic E-state index is 0.269. The van der Waals surface area contributed by atoms with Crippen molar-refractivity contribution >= 4 is 34.9 Å². The lowest BCUT2D eigenvalue weighted by atomic mass is 10.1. The summed E-state index contributed by atoms with van der Waals surface area (Å²) in [6, 6.07) is 21.2. The van der Waals surface area contributed by atoms with Crippen LogP contribution in [-0.4, -0.2) is 21.6 Å². The zero-order valence-electron chi connectivity index (χ0n) is 14.6. The highest BCUT2D eigenvalue weighted by atomic mass is 35.5. The standard InChI is InChI=1S/C20H19ClN4OS/c21-17-14-18(26-16-11-5-2-6-12-16)24-19(23-17)25-20(27)22-13-7-10-15-8-3-1-4-9-15/h1-6,8-9,11-12,14H,7,10,13H2,(H2,22,23,24,25,27). The number of thiocarbonyl (C=S) groups is 1. The number of para-hydroxylation sites is 1. The highest BCUT2D eigenvalue weighted by Crippen LogP contribution is 2.22. The van der Waals surface area contributed by atoms with Crippen LogP contribution < -0.4 is 15.4 Å². The molecule has 0 unspecified atom stereocenters. The Labute approximate surface area is 168 Å².